The Kier molecular flexibility index (Phi) is 16.1. The van der Waals surface area contributed by atoms with Crippen molar-refractivity contribution in [1.29, 1.82) is 0 Å². The first-order valence-electron chi connectivity index (χ1n) is 17.5. The van der Waals surface area contributed by atoms with Crippen molar-refractivity contribution in [2.75, 3.05) is 24.9 Å². The predicted molar refractivity (Wildman–Crippen MR) is 227 cm³/mol. The summed E-state index contributed by atoms with van der Waals surface area (Å²) in [5.74, 6) is -1.33. The minimum absolute atomic E-state index is 0. The number of phenolic OH excluding ortho intramolecular Hbond substituents is 2. The Morgan fingerprint density at radius 1 is 0.485 bits per heavy atom. The molecule has 0 heterocycles. The van der Waals surface area contributed by atoms with E-state index in [0.717, 1.165) is 36.4 Å². The summed E-state index contributed by atoms with van der Waals surface area (Å²) in [4.78, 5) is 10.3. The van der Waals surface area contributed by atoms with Crippen molar-refractivity contribution in [3.8, 4) is 23.0 Å². The summed E-state index contributed by atoms with van der Waals surface area (Å²) < 4.78 is 144. The molecule has 6 aromatic carbocycles. The fraction of sp³-hybridized carbons (Fsp3) is 0.108. The molecule has 0 aromatic heterocycles. The number of rotatable bonds is 12. The molecule has 0 radical (unpaired) electrons. The largest absolute Gasteiger partial charge is 1.00 e. The maximum absolute atomic E-state index is 13.3. The van der Waals surface area contributed by atoms with Gasteiger partial charge in [0.05, 0.1) is 78.7 Å². The summed E-state index contributed by atoms with van der Waals surface area (Å²) in [6, 6.07) is 11.4. The van der Waals surface area contributed by atoms with Gasteiger partial charge in [-0.25, -0.2) is 4.79 Å². The molecule has 0 aliphatic rings. The number of amides is 2. The van der Waals surface area contributed by atoms with Crippen molar-refractivity contribution in [2.45, 2.75) is 33.4 Å². The molecule has 29 heteroatoms. The number of methoxy groups -OCH3 is 2. The number of benzene rings is 6. The van der Waals surface area contributed by atoms with E-state index in [1.807, 2.05) is 0 Å². The van der Waals surface area contributed by atoms with Crippen molar-refractivity contribution >= 4 is 102 Å². The van der Waals surface area contributed by atoms with E-state index in [1.165, 1.54) is 38.5 Å². The van der Waals surface area contributed by atoms with Gasteiger partial charge in [-0.1, -0.05) is 0 Å². The van der Waals surface area contributed by atoms with Crippen molar-refractivity contribution in [1.82, 2.24) is 0 Å². The molecule has 0 saturated heterocycles. The van der Waals surface area contributed by atoms with Crippen LogP contribution in [0.4, 0.5) is 38.9 Å². The molecule has 0 atom stereocenters. The van der Waals surface area contributed by atoms with Crippen molar-refractivity contribution < 1.29 is 125 Å². The third kappa shape index (κ3) is 11.8. The standard InChI is InChI=1S/C37H32N6O17S4.Li.Na/c1-17-5-27(33(59-3)15-25(17)40-42-29-11-21(61(47,48)49)7-19-9-23(63(53,54)55)13-31(44)35(19)29)38-37(46)39-28-6-18(2)26(16-34(28)60-4)41-43-30-12-22(62(50,51)52)8-20-10-24(64(56,57)58)14-32(45)36(20)30;;/h5-16,44-45H,1-4H3,(H2,38,39,46)(H,47,48,49)(H,50,51,52)(H,53,54,55)(H,56,57,58);;/q;2*+1. The smallest absolute Gasteiger partial charge is 0.507 e. The Bertz CT molecular complexity index is 3270. The second-order valence-corrected chi connectivity index (χ2v) is 19.2. The zero-order chi connectivity index (χ0) is 47.3. The Labute approximate surface area is 409 Å². The molecule has 0 spiro atoms. The topological polar surface area (TPSA) is 367 Å². The number of phenols is 2. The third-order valence-corrected chi connectivity index (χ3v) is 12.5. The number of aromatic hydroxyl groups is 2. The van der Waals surface area contributed by atoms with Crippen LogP contribution in [0, 0.1) is 13.8 Å². The van der Waals surface area contributed by atoms with Gasteiger partial charge >= 0.3 is 54.4 Å². The van der Waals surface area contributed by atoms with Crippen molar-refractivity contribution in [2.24, 2.45) is 20.5 Å². The van der Waals surface area contributed by atoms with Gasteiger partial charge in [0.15, 0.2) is 0 Å². The molecule has 66 heavy (non-hydrogen) atoms. The summed E-state index contributed by atoms with van der Waals surface area (Å²) >= 11 is 0. The normalized spacial score (nSPS) is 12.2. The van der Waals surface area contributed by atoms with E-state index in [9.17, 15) is 66.9 Å². The number of hydrogen-bond donors (Lipinski definition) is 8. The maximum atomic E-state index is 13.3. The monoisotopic (exact) mass is 990 g/mol. The first-order chi connectivity index (χ1) is 29.7. The molecule has 336 valence electrons. The average molecular weight is 991 g/mol. The van der Waals surface area contributed by atoms with Crippen LogP contribution in [-0.4, -0.2) is 82.3 Å². The van der Waals surface area contributed by atoms with Crippen LogP contribution in [0.2, 0.25) is 0 Å². The van der Waals surface area contributed by atoms with Gasteiger partial charge < -0.3 is 30.3 Å². The van der Waals surface area contributed by atoms with Gasteiger partial charge in [0.1, 0.15) is 23.0 Å². The number of carbonyl (C=O) groups is 1. The van der Waals surface area contributed by atoms with Crippen LogP contribution in [-0.2, 0) is 40.5 Å². The minimum Gasteiger partial charge on any atom is -0.507 e. The summed E-state index contributed by atoms with van der Waals surface area (Å²) in [6.07, 6.45) is 0. The minimum atomic E-state index is -4.89. The van der Waals surface area contributed by atoms with Gasteiger partial charge in [-0.05, 0) is 84.3 Å². The van der Waals surface area contributed by atoms with Crippen LogP contribution in [0.15, 0.2) is 113 Å². The number of urea groups is 1. The van der Waals surface area contributed by atoms with Crippen LogP contribution in [0.3, 0.4) is 0 Å². The van der Waals surface area contributed by atoms with Gasteiger partial charge in [0.2, 0.25) is 0 Å². The Morgan fingerprint density at radius 2 is 0.773 bits per heavy atom. The Hall–Kier alpha value is -5.25. The number of fused-ring (bicyclic) bond motifs is 2. The van der Waals surface area contributed by atoms with Gasteiger partial charge in [0, 0.05) is 24.3 Å². The molecule has 2 amide bonds. The van der Waals surface area contributed by atoms with Crippen molar-refractivity contribution in [3.63, 3.8) is 0 Å². The number of nitrogens with one attached hydrogen (secondary N) is 2. The van der Waals surface area contributed by atoms with Gasteiger partial charge in [0.25, 0.3) is 40.5 Å². The van der Waals surface area contributed by atoms with E-state index in [-0.39, 0.29) is 116 Å². The molecular formula is C37H32LiN6NaO17S4+2. The first kappa shape index (κ1) is 53.4. The van der Waals surface area contributed by atoms with Gasteiger partial charge in [-0.2, -0.15) is 43.9 Å². The molecule has 6 rings (SSSR count). The van der Waals surface area contributed by atoms with E-state index in [2.05, 4.69) is 31.1 Å². The number of hydrogen-bond acceptors (Lipinski definition) is 17. The van der Waals surface area contributed by atoms with Crippen LogP contribution >= 0.6 is 0 Å². The van der Waals surface area contributed by atoms with Gasteiger partial charge in [-0.3, -0.25) is 18.2 Å². The summed E-state index contributed by atoms with van der Waals surface area (Å²) in [5, 5.41) is 42.1. The van der Waals surface area contributed by atoms with E-state index < -0.39 is 77.6 Å². The fourth-order valence-electron chi connectivity index (χ4n) is 6.18. The number of ether oxygens (including phenoxy) is 2. The molecule has 0 unspecified atom stereocenters. The number of nitrogens with zero attached hydrogens (tertiary/aromatic N) is 4. The Morgan fingerprint density at radius 3 is 1.06 bits per heavy atom. The van der Waals surface area contributed by atoms with Crippen LogP contribution in [0.1, 0.15) is 11.1 Å². The molecule has 6 aromatic rings. The van der Waals surface area contributed by atoms with Gasteiger partial charge in [-0.15, -0.1) is 10.2 Å². The summed E-state index contributed by atoms with van der Waals surface area (Å²) in [7, 11) is -16.9. The molecule has 23 nitrogen and oxygen atoms in total. The van der Waals surface area contributed by atoms with Crippen LogP contribution in [0.5, 0.6) is 23.0 Å². The van der Waals surface area contributed by atoms with Crippen LogP contribution in [0.25, 0.3) is 21.5 Å². The molecule has 0 bridgehead atoms. The molecule has 0 fully saturated rings. The van der Waals surface area contributed by atoms with Crippen LogP contribution < -0.4 is 68.5 Å². The number of aryl methyl sites for hydroxylation is 2. The Balaban J connectivity index is 0.00000476. The predicted octanol–water partition coefficient (Wildman–Crippen LogP) is 1.51. The first-order valence-corrected chi connectivity index (χ1v) is 23.2. The number of carbonyl (C=O) groups excluding carboxylic acids is 1. The quantitative estimate of drug-likeness (QED) is 0.0489. The molecule has 0 aliphatic carbocycles. The second-order valence-electron chi connectivity index (χ2n) is 13.5. The number of azo groups is 2. The molecular weight excluding hydrogens is 959 g/mol. The maximum Gasteiger partial charge on any atom is 1.00 e. The number of anilines is 2. The zero-order valence-electron chi connectivity index (χ0n) is 35.0. The van der Waals surface area contributed by atoms with Crippen molar-refractivity contribution in [3.05, 3.63) is 83.9 Å². The third-order valence-electron chi connectivity index (χ3n) is 9.16. The zero-order valence-corrected chi connectivity index (χ0v) is 40.3. The molecule has 8 N–H and O–H groups in total. The second kappa shape index (κ2) is 19.9. The van der Waals surface area contributed by atoms with E-state index >= 15 is 0 Å². The summed E-state index contributed by atoms with van der Waals surface area (Å²) in [5.41, 5.74) is 0.571. The fourth-order valence-corrected chi connectivity index (χ4v) is 8.33. The van der Waals surface area contributed by atoms with E-state index in [0.29, 0.717) is 23.3 Å². The average Bonchev–Trinajstić information content (AvgIpc) is 3.18. The van der Waals surface area contributed by atoms with E-state index in [4.69, 9.17) is 9.47 Å². The molecule has 0 saturated carbocycles. The summed E-state index contributed by atoms with van der Waals surface area (Å²) in [6.45, 7) is 3.14. The SMILES string of the molecule is COc1cc(N=Nc2cc(S(=O)(=O)O)cc3cc(S(=O)(=O)O)cc(O)c23)c(C)cc1NC(=O)Nc1cc(C)c(N=Nc2cc(S(=O)(=O)O)cc3cc(S(=O)(=O)O)cc(O)c23)cc1OC.[Li+].[Na+]. The van der Waals surface area contributed by atoms with E-state index in [1.54, 1.807) is 13.8 Å². The molecule has 0 aliphatic heterocycles.